The first-order chi connectivity index (χ1) is 9.87. The maximum absolute atomic E-state index is 12.1. The molecule has 7 nitrogen and oxygen atoms in total. The predicted octanol–water partition coefficient (Wildman–Crippen LogP) is 1.22. The quantitative estimate of drug-likeness (QED) is 0.719. The highest BCUT2D eigenvalue weighted by atomic mass is 16.5. The maximum Gasteiger partial charge on any atom is 0.326 e. The molecule has 1 atom stereocenters. The molecule has 1 aliphatic rings. The molecule has 1 aliphatic heterocycles. The lowest BCUT2D eigenvalue weighted by molar-refractivity contribution is -0.147. The molecule has 1 heterocycles. The molecule has 0 spiro atoms. The number of hydrogen-bond donors (Lipinski definition) is 2. The number of aliphatic carboxylic acids is 1. The molecule has 2 N–H and O–H groups in total. The summed E-state index contributed by atoms with van der Waals surface area (Å²) >= 11 is 0. The molecular weight excluding hydrogens is 276 g/mol. The molecule has 0 aliphatic carbocycles. The molecule has 0 bridgehead atoms. The molecule has 1 saturated heterocycles. The molecule has 0 saturated carbocycles. The van der Waals surface area contributed by atoms with Crippen LogP contribution < -0.4 is 5.32 Å². The number of esters is 1. The van der Waals surface area contributed by atoms with Crippen LogP contribution in [-0.2, 0) is 14.3 Å². The molecule has 0 aromatic rings. The molecule has 120 valence electrons. The second kappa shape index (κ2) is 7.28. The zero-order valence-corrected chi connectivity index (χ0v) is 12.8. The smallest absolute Gasteiger partial charge is 0.326 e. The summed E-state index contributed by atoms with van der Waals surface area (Å²) in [6.45, 7) is 5.43. The fraction of sp³-hybridized carbons (Fsp3) is 0.786. The highest BCUT2D eigenvalue weighted by molar-refractivity contribution is 5.86. The minimum Gasteiger partial charge on any atom is -0.480 e. The minimum atomic E-state index is -1.26. The van der Waals surface area contributed by atoms with E-state index < -0.39 is 24.0 Å². The molecular formula is C14H24N2O5. The third kappa shape index (κ3) is 4.34. The largest absolute Gasteiger partial charge is 0.480 e. The van der Waals surface area contributed by atoms with Gasteiger partial charge in [-0.15, -0.1) is 0 Å². The average molecular weight is 300 g/mol. The third-order valence-corrected chi connectivity index (χ3v) is 4.42. The molecule has 0 aromatic carbocycles. The average Bonchev–Trinajstić information content (AvgIpc) is 2.91. The van der Waals surface area contributed by atoms with Gasteiger partial charge in [0.1, 0.15) is 6.04 Å². The number of ether oxygens (including phenoxy) is 1. The van der Waals surface area contributed by atoms with Gasteiger partial charge < -0.3 is 20.1 Å². The van der Waals surface area contributed by atoms with Crippen molar-refractivity contribution in [1.29, 1.82) is 0 Å². The van der Waals surface area contributed by atoms with Crippen molar-refractivity contribution in [2.24, 2.45) is 5.41 Å². The summed E-state index contributed by atoms with van der Waals surface area (Å²) in [6, 6.07) is -1.70. The van der Waals surface area contributed by atoms with Crippen molar-refractivity contribution in [3.05, 3.63) is 0 Å². The van der Waals surface area contributed by atoms with E-state index in [4.69, 9.17) is 5.11 Å². The van der Waals surface area contributed by atoms with Crippen LogP contribution in [-0.4, -0.2) is 54.2 Å². The van der Waals surface area contributed by atoms with E-state index in [1.165, 1.54) is 7.11 Å². The number of hydrogen-bond acceptors (Lipinski definition) is 4. The number of carbonyl (C=O) groups excluding carboxylic acids is 2. The van der Waals surface area contributed by atoms with E-state index in [1.807, 2.05) is 0 Å². The van der Waals surface area contributed by atoms with Crippen LogP contribution in [0.25, 0.3) is 0 Å². The molecule has 0 radical (unpaired) electrons. The first-order valence-electron chi connectivity index (χ1n) is 7.22. The summed E-state index contributed by atoms with van der Waals surface area (Å²) in [5.41, 5.74) is 0.123. The molecule has 0 unspecified atom stereocenters. The van der Waals surface area contributed by atoms with Crippen LogP contribution >= 0.6 is 0 Å². The summed E-state index contributed by atoms with van der Waals surface area (Å²) in [7, 11) is 1.18. The fourth-order valence-corrected chi connectivity index (χ4v) is 2.63. The number of amides is 2. The number of nitrogens with one attached hydrogen (secondary N) is 1. The summed E-state index contributed by atoms with van der Waals surface area (Å²) in [5.74, 6) is -1.91. The number of nitrogens with zero attached hydrogens (tertiary/aromatic N) is 1. The number of urea groups is 1. The van der Waals surface area contributed by atoms with Crippen LogP contribution in [0, 0.1) is 5.41 Å². The molecule has 1 rings (SSSR count). The van der Waals surface area contributed by atoms with E-state index in [2.05, 4.69) is 23.9 Å². The predicted molar refractivity (Wildman–Crippen MR) is 75.8 cm³/mol. The van der Waals surface area contributed by atoms with Crippen molar-refractivity contribution in [2.45, 2.75) is 45.6 Å². The Morgan fingerprint density at radius 3 is 2.38 bits per heavy atom. The van der Waals surface area contributed by atoms with Gasteiger partial charge in [-0.2, -0.15) is 0 Å². The molecule has 1 fully saturated rings. The van der Waals surface area contributed by atoms with Gasteiger partial charge in [-0.1, -0.05) is 13.8 Å². The maximum atomic E-state index is 12.1. The second-order valence-electron chi connectivity index (χ2n) is 5.50. The van der Waals surface area contributed by atoms with Gasteiger partial charge in [0.2, 0.25) is 0 Å². The van der Waals surface area contributed by atoms with Gasteiger partial charge >= 0.3 is 18.0 Å². The van der Waals surface area contributed by atoms with Crippen molar-refractivity contribution >= 4 is 18.0 Å². The number of carboxylic acid groups (broad SMARTS) is 1. The van der Waals surface area contributed by atoms with E-state index >= 15 is 0 Å². The van der Waals surface area contributed by atoms with Crippen LogP contribution in [0.15, 0.2) is 0 Å². The number of likely N-dealkylation sites (tertiary alicyclic amines) is 1. The van der Waals surface area contributed by atoms with Crippen LogP contribution in [0.4, 0.5) is 4.79 Å². The lowest BCUT2D eigenvalue weighted by Crippen LogP contribution is -2.48. The van der Waals surface area contributed by atoms with Gasteiger partial charge in [0.15, 0.2) is 0 Å². The normalized spacial score (nSPS) is 18.1. The highest BCUT2D eigenvalue weighted by Gasteiger charge is 2.38. The van der Waals surface area contributed by atoms with Crippen molar-refractivity contribution in [3.8, 4) is 0 Å². The zero-order valence-electron chi connectivity index (χ0n) is 12.8. The van der Waals surface area contributed by atoms with E-state index in [9.17, 15) is 14.4 Å². The SMILES string of the molecule is CCC1(CC)CCN(C(=O)N[C@@H](CC(=O)OC)C(=O)O)C1. The van der Waals surface area contributed by atoms with Crippen LogP contribution in [0.2, 0.25) is 0 Å². The van der Waals surface area contributed by atoms with Gasteiger partial charge in [0.05, 0.1) is 13.5 Å². The van der Waals surface area contributed by atoms with Gasteiger partial charge in [-0.05, 0) is 24.7 Å². The standard InChI is InChI=1S/C14H24N2O5/c1-4-14(5-2)6-7-16(9-14)13(20)15-10(12(18)19)8-11(17)21-3/h10H,4-9H2,1-3H3,(H,15,20)(H,18,19)/t10-/m0/s1. The fourth-order valence-electron chi connectivity index (χ4n) is 2.63. The Balaban J connectivity index is 2.63. The zero-order chi connectivity index (χ0) is 16.0. The number of methoxy groups -OCH3 is 1. The molecule has 21 heavy (non-hydrogen) atoms. The van der Waals surface area contributed by atoms with Crippen LogP contribution in [0.5, 0.6) is 0 Å². The Labute approximate surface area is 124 Å². The number of carboxylic acids is 1. The Kier molecular flexibility index (Phi) is 5.99. The molecule has 0 aromatic heterocycles. The van der Waals surface area contributed by atoms with Crippen LogP contribution in [0.1, 0.15) is 39.5 Å². The summed E-state index contributed by atoms with van der Waals surface area (Å²) < 4.78 is 4.44. The number of carbonyl (C=O) groups is 3. The topological polar surface area (TPSA) is 95.9 Å². The van der Waals surface area contributed by atoms with Gasteiger partial charge in [-0.25, -0.2) is 9.59 Å². The lowest BCUT2D eigenvalue weighted by atomic mass is 9.82. The molecule has 2 amide bonds. The Morgan fingerprint density at radius 2 is 1.95 bits per heavy atom. The number of rotatable bonds is 6. The Hall–Kier alpha value is -1.79. The van der Waals surface area contributed by atoms with E-state index in [1.54, 1.807) is 4.90 Å². The van der Waals surface area contributed by atoms with Gasteiger partial charge in [-0.3, -0.25) is 4.79 Å². The van der Waals surface area contributed by atoms with E-state index in [-0.39, 0.29) is 11.8 Å². The summed E-state index contributed by atoms with van der Waals surface area (Å²) in [5, 5.41) is 11.5. The first-order valence-corrected chi connectivity index (χ1v) is 7.22. The second-order valence-corrected chi connectivity index (χ2v) is 5.50. The molecule has 7 heteroatoms. The van der Waals surface area contributed by atoms with Crippen LogP contribution in [0.3, 0.4) is 0 Å². The monoisotopic (exact) mass is 300 g/mol. The van der Waals surface area contributed by atoms with Crippen molar-refractivity contribution in [1.82, 2.24) is 10.2 Å². The minimum absolute atomic E-state index is 0.123. The van der Waals surface area contributed by atoms with E-state index in [0.717, 1.165) is 19.3 Å². The van der Waals surface area contributed by atoms with Gasteiger partial charge in [0, 0.05) is 13.1 Å². The Bertz CT molecular complexity index is 406. The van der Waals surface area contributed by atoms with Crippen molar-refractivity contribution < 1.29 is 24.2 Å². The first kappa shape index (κ1) is 17.3. The van der Waals surface area contributed by atoms with Crippen molar-refractivity contribution in [3.63, 3.8) is 0 Å². The Morgan fingerprint density at radius 1 is 1.33 bits per heavy atom. The van der Waals surface area contributed by atoms with E-state index in [0.29, 0.717) is 13.1 Å². The van der Waals surface area contributed by atoms with Gasteiger partial charge in [0.25, 0.3) is 0 Å². The lowest BCUT2D eigenvalue weighted by Gasteiger charge is -2.27. The van der Waals surface area contributed by atoms with Crippen molar-refractivity contribution in [2.75, 3.05) is 20.2 Å². The highest BCUT2D eigenvalue weighted by Crippen LogP contribution is 2.36. The summed E-state index contributed by atoms with van der Waals surface area (Å²) in [4.78, 5) is 36.0. The third-order valence-electron chi connectivity index (χ3n) is 4.42. The summed E-state index contributed by atoms with van der Waals surface area (Å²) in [6.07, 6.45) is 2.51.